The molecule has 0 N–H and O–H groups in total. The van der Waals surface area contributed by atoms with E-state index in [1.807, 2.05) is 48.5 Å². The fourth-order valence-electron chi connectivity index (χ4n) is 5.25. The lowest BCUT2D eigenvalue weighted by atomic mass is 9.98. The lowest BCUT2D eigenvalue weighted by Crippen LogP contribution is -3.00. The third-order valence-electron chi connectivity index (χ3n) is 7.84. The lowest BCUT2D eigenvalue weighted by molar-refractivity contribution is -0.882. The Hall–Kier alpha value is -2.12. The molecule has 0 aliphatic heterocycles. The average Bonchev–Trinajstić information content (AvgIpc) is 2.93. The molecule has 3 aromatic rings. The van der Waals surface area contributed by atoms with Gasteiger partial charge in [-0.15, -0.1) is 0 Å². The number of rotatable bonds is 16. The maximum absolute atomic E-state index is 12.9. The van der Waals surface area contributed by atoms with Gasteiger partial charge in [-0.2, -0.15) is 0 Å². The fourth-order valence-corrected chi connectivity index (χ4v) is 5.25. The molecule has 0 saturated carbocycles. The van der Waals surface area contributed by atoms with Crippen LogP contribution in [0, 0.1) is 0 Å². The minimum Gasteiger partial charge on any atom is -1.00 e. The molecule has 3 aromatic carbocycles. The van der Waals surface area contributed by atoms with E-state index < -0.39 is 0 Å². The van der Waals surface area contributed by atoms with E-state index in [1.165, 1.54) is 25.7 Å². The second kappa shape index (κ2) is 17.9. The predicted molar refractivity (Wildman–Crippen MR) is 169 cm³/mol. The van der Waals surface area contributed by atoms with Crippen molar-refractivity contribution in [2.45, 2.75) is 52.4 Å². The van der Waals surface area contributed by atoms with Gasteiger partial charge in [-0.25, -0.2) is 0 Å². The number of quaternary nitrogens is 2. The first-order valence-corrected chi connectivity index (χ1v) is 15.0. The van der Waals surface area contributed by atoms with Crippen molar-refractivity contribution in [3.8, 4) is 22.3 Å². The van der Waals surface area contributed by atoms with E-state index >= 15 is 0 Å². The highest BCUT2D eigenvalue weighted by molar-refractivity contribution is 5.98. The molecule has 0 heterocycles. The van der Waals surface area contributed by atoms with Gasteiger partial charge in [0.15, 0.2) is 0 Å². The minimum atomic E-state index is 0. The number of ketones is 2. The Morgan fingerprint density at radius 3 is 1.00 bits per heavy atom. The Morgan fingerprint density at radius 2 is 0.738 bits per heavy atom. The van der Waals surface area contributed by atoms with Crippen molar-refractivity contribution < 1.29 is 52.5 Å². The number of hydrogen-bond acceptors (Lipinski definition) is 2. The second-order valence-electron chi connectivity index (χ2n) is 12.6. The topological polar surface area (TPSA) is 34.1 Å². The van der Waals surface area contributed by atoms with Gasteiger partial charge in [0.05, 0.1) is 41.3 Å². The summed E-state index contributed by atoms with van der Waals surface area (Å²) in [4.78, 5) is 25.8. The first-order chi connectivity index (χ1) is 19.0. The normalized spacial score (nSPS) is 11.4. The number of carbonyl (C=O) groups is 2. The third-order valence-corrected chi connectivity index (χ3v) is 7.84. The van der Waals surface area contributed by atoms with E-state index in [4.69, 9.17) is 0 Å². The van der Waals surface area contributed by atoms with Crippen LogP contribution in [-0.2, 0) is 0 Å². The van der Waals surface area contributed by atoms with Gasteiger partial charge in [0.25, 0.3) is 0 Å². The van der Waals surface area contributed by atoms with Crippen molar-refractivity contribution >= 4 is 11.6 Å². The molecule has 0 spiro atoms. The number of benzene rings is 3. The van der Waals surface area contributed by atoms with Crippen LogP contribution in [0.2, 0.25) is 0 Å². The van der Waals surface area contributed by atoms with Crippen LogP contribution in [0.3, 0.4) is 0 Å². The van der Waals surface area contributed by atoms with Crippen molar-refractivity contribution in [2.75, 3.05) is 54.4 Å². The Morgan fingerprint density at radius 1 is 0.476 bits per heavy atom. The van der Waals surface area contributed by atoms with E-state index in [0.717, 1.165) is 68.3 Å². The molecule has 3 rings (SSSR count). The molecule has 0 amide bonds. The minimum absolute atomic E-state index is 0. The summed E-state index contributed by atoms with van der Waals surface area (Å²) in [5.74, 6) is 0.397. The number of unbranched alkanes of at least 4 members (excludes halogenated alkanes) is 4. The van der Waals surface area contributed by atoms with Gasteiger partial charge in [-0.3, -0.25) is 9.59 Å². The zero-order valence-electron chi connectivity index (χ0n) is 26.5. The van der Waals surface area contributed by atoms with Gasteiger partial charge in [0.2, 0.25) is 11.6 Å². The molecule has 0 atom stereocenters. The van der Waals surface area contributed by atoms with Crippen LogP contribution in [0.4, 0.5) is 0 Å². The number of hydrogen-bond donors (Lipinski definition) is 0. The molecule has 6 heteroatoms. The molecule has 4 nitrogen and oxygen atoms in total. The number of halogens is 2. The molecule has 0 fully saturated rings. The van der Waals surface area contributed by atoms with Crippen molar-refractivity contribution in [2.24, 2.45) is 0 Å². The monoisotopic (exact) mass is 700 g/mol. The standard InChI is InChI=1S/C36H50N2O2.2BrH/c1-7-9-11-25-37(3,4)27-35(39)33-21-17-31(18-22-33)29-13-15-30(16-14-29)32-19-23-34(24-20-32)36(40)28-38(5,6)26-12-10-8-2;;/h13-24H,7-12,25-28H2,1-6H3;2*1H/q+2;;/p-2. The summed E-state index contributed by atoms with van der Waals surface area (Å²) in [5, 5.41) is 0. The van der Waals surface area contributed by atoms with Crippen molar-refractivity contribution in [3.05, 3.63) is 83.9 Å². The summed E-state index contributed by atoms with van der Waals surface area (Å²) < 4.78 is 1.46. The quantitative estimate of drug-likeness (QED) is 0.130. The molecule has 0 aromatic heterocycles. The van der Waals surface area contributed by atoms with E-state index in [-0.39, 0.29) is 45.5 Å². The summed E-state index contributed by atoms with van der Waals surface area (Å²) in [7, 11) is 8.57. The van der Waals surface area contributed by atoms with Crippen molar-refractivity contribution in [1.82, 2.24) is 0 Å². The molecule has 42 heavy (non-hydrogen) atoms. The van der Waals surface area contributed by atoms with Gasteiger partial charge >= 0.3 is 0 Å². The first-order valence-electron chi connectivity index (χ1n) is 15.0. The average molecular weight is 703 g/mol. The molecule has 0 radical (unpaired) electrons. The molecule has 0 bridgehead atoms. The summed E-state index contributed by atoms with van der Waals surface area (Å²) in [6.07, 6.45) is 7.13. The van der Waals surface area contributed by atoms with Crippen molar-refractivity contribution in [3.63, 3.8) is 0 Å². The van der Waals surface area contributed by atoms with Gasteiger partial charge in [0, 0.05) is 11.1 Å². The molecule has 0 aliphatic carbocycles. The highest BCUT2D eigenvalue weighted by atomic mass is 79.9. The Balaban J connectivity index is 0.00000441. The van der Waals surface area contributed by atoms with Crippen LogP contribution in [0.5, 0.6) is 0 Å². The number of carbonyl (C=O) groups excluding carboxylic acids is 2. The van der Waals surface area contributed by atoms with Crippen LogP contribution in [-0.4, -0.2) is 74.9 Å². The number of Topliss-reactive ketones (excluding diaryl/α,β-unsaturated/α-hetero) is 2. The summed E-state index contributed by atoms with van der Waals surface area (Å²) in [6, 6.07) is 24.5. The predicted octanol–water partition coefficient (Wildman–Crippen LogP) is 1.93. The molecule has 0 saturated heterocycles. The van der Waals surface area contributed by atoms with Crippen LogP contribution in [0.15, 0.2) is 72.8 Å². The lowest BCUT2D eigenvalue weighted by Gasteiger charge is -2.29. The highest BCUT2D eigenvalue weighted by Gasteiger charge is 2.22. The van der Waals surface area contributed by atoms with Crippen molar-refractivity contribution in [1.29, 1.82) is 0 Å². The number of likely N-dealkylation sites (N-methyl/N-ethyl adjacent to an activating group) is 2. The molecular formula is C36H50Br2N2O2. The molecular weight excluding hydrogens is 652 g/mol. The highest BCUT2D eigenvalue weighted by Crippen LogP contribution is 2.26. The summed E-state index contributed by atoms with van der Waals surface area (Å²) >= 11 is 0. The van der Waals surface area contributed by atoms with Gasteiger partial charge in [0.1, 0.15) is 13.1 Å². The molecule has 230 valence electrons. The van der Waals surface area contributed by atoms with Gasteiger partial charge < -0.3 is 42.9 Å². The Kier molecular flexibility index (Phi) is 16.1. The summed E-state index contributed by atoms with van der Waals surface area (Å²) in [5.41, 5.74) is 5.99. The Labute approximate surface area is 275 Å². The molecule has 0 unspecified atom stereocenters. The van der Waals surface area contributed by atoms with Gasteiger partial charge in [-0.05, 0) is 47.9 Å². The first kappa shape index (κ1) is 37.9. The van der Waals surface area contributed by atoms with E-state index in [0.29, 0.717) is 13.1 Å². The SMILES string of the molecule is CCCCC[N+](C)(C)CC(=O)c1ccc(-c2ccc(-c3ccc(C(=O)C[N+](C)(C)CCCCC)cc3)cc2)cc1.[Br-].[Br-]. The van der Waals surface area contributed by atoms with Crippen LogP contribution in [0.1, 0.15) is 73.1 Å². The Bertz CT molecular complexity index is 1140. The third kappa shape index (κ3) is 11.9. The number of nitrogens with zero attached hydrogens (tertiary/aromatic N) is 2. The van der Waals surface area contributed by atoms with E-state index in [1.54, 1.807) is 0 Å². The van der Waals surface area contributed by atoms with Crippen LogP contribution >= 0.6 is 0 Å². The maximum atomic E-state index is 12.9. The maximum Gasteiger partial charge on any atom is 0.216 e. The van der Waals surface area contributed by atoms with Crippen LogP contribution in [0.25, 0.3) is 22.3 Å². The zero-order chi connectivity index (χ0) is 29.2. The van der Waals surface area contributed by atoms with E-state index in [9.17, 15) is 9.59 Å². The van der Waals surface area contributed by atoms with E-state index in [2.05, 4.69) is 66.3 Å². The zero-order valence-corrected chi connectivity index (χ0v) is 29.6. The summed E-state index contributed by atoms with van der Waals surface area (Å²) in [6.45, 7) is 7.52. The van der Waals surface area contributed by atoms with Gasteiger partial charge in [-0.1, -0.05) is 99.5 Å². The molecule has 0 aliphatic rings. The van der Waals surface area contributed by atoms with Crippen LogP contribution < -0.4 is 34.0 Å². The smallest absolute Gasteiger partial charge is 0.216 e. The largest absolute Gasteiger partial charge is 1.00 e. The second-order valence-corrected chi connectivity index (χ2v) is 12.6. The fraction of sp³-hybridized carbons (Fsp3) is 0.444.